The zero-order valence-corrected chi connectivity index (χ0v) is 21.9. The maximum Gasteiger partial charge on any atom is 0.317 e. The van der Waals surface area contributed by atoms with Gasteiger partial charge < -0.3 is 18.8 Å². The van der Waals surface area contributed by atoms with Gasteiger partial charge in [0, 0.05) is 44.5 Å². The highest BCUT2D eigenvalue weighted by molar-refractivity contribution is 14.1. The number of aromatic nitrogens is 1. The Kier molecular flexibility index (Phi) is 10.4. The summed E-state index contributed by atoms with van der Waals surface area (Å²) >= 11 is 2.05. The molecule has 1 aromatic heterocycles. The molecule has 11 nitrogen and oxygen atoms in total. The molecule has 1 aliphatic rings. The molecule has 0 spiro atoms. The van der Waals surface area contributed by atoms with Crippen LogP contribution in [0.3, 0.4) is 0 Å². The van der Waals surface area contributed by atoms with Gasteiger partial charge in [-0.3, -0.25) is 34.1 Å². The molecule has 2 heterocycles. The van der Waals surface area contributed by atoms with E-state index in [1.165, 1.54) is 0 Å². The van der Waals surface area contributed by atoms with Crippen LogP contribution in [0.15, 0.2) is 42.5 Å². The third-order valence-electron chi connectivity index (χ3n) is 5.92. The largest absolute Gasteiger partial charge is 0.480 e. The molecule has 0 saturated carbocycles. The first kappa shape index (κ1) is 27.8. The highest BCUT2D eigenvalue weighted by atomic mass is 127. The Bertz CT molecular complexity index is 1050. The number of carbonyl (C=O) groups is 3. The predicted molar refractivity (Wildman–Crippen MR) is 141 cm³/mol. The minimum atomic E-state index is -1.00. The fraction of sp³-hybridized carbons (Fsp3) is 0.417. The average Bonchev–Trinajstić information content (AvgIpc) is 2.80. The molecule has 2 aromatic rings. The second-order valence-corrected chi connectivity index (χ2v) is 9.34. The summed E-state index contributed by atoms with van der Waals surface area (Å²) in [5.74, 6) is -2.96. The fourth-order valence-corrected chi connectivity index (χ4v) is 4.69. The Balaban J connectivity index is 1.98. The van der Waals surface area contributed by atoms with Crippen LogP contribution in [0.25, 0.3) is 0 Å². The van der Waals surface area contributed by atoms with E-state index in [2.05, 4.69) is 8.51 Å². The van der Waals surface area contributed by atoms with Gasteiger partial charge in [-0.2, -0.15) is 0 Å². The van der Waals surface area contributed by atoms with Gasteiger partial charge in [0.05, 0.1) is 53.9 Å². The van der Waals surface area contributed by atoms with Crippen LogP contribution in [-0.2, 0) is 33.9 Å². The molecule has 1 aliphatic heterocycles. The highest BCUT2D eigenvalue weighted by Crippen LogP contribution is 2.18. The smallest absolute Gasteiger partial charge is 0.317 e. The number of hydrogen-bond donors (Lipinski definition) is 4. The van der Waals surface area contributed by atoms with Crippen LogP contribution in [-0.4, -0.2) is 98.2 Å². The van der Waals surface area contributed by atoms with Gasteiger partial charge in [0.1, 0.15) is 0 Å². The average molecular weight is 611 g/mol. The van der Waals surface area contributed by atoms with Gasteiger partial charge in [0.25, 0.3) is 0 Å². The van der Waals surface area contributed by atoms with Crippen LogP contribution < -0.4 is 3.53 Å². The molecule has 1 aromatic carbocycles. The van der Waals surface area contributed by atoms with Crippen molar-refractivity contribution in [3.8, 4) is 0 Å². The van der Waals surface area contributed by atoms with Crippen LogP contribution in [0, 0.1) is 0 Å². The maximum atomic E-state index is 11.8. The molecule has 0 saturated heterocycles. The number of hydrogen-bond acceptors (Lipinski definition) is 8. The number of pyridine rings is 1. The first-order chi connectivity index (χ1) is 17.2. The van der Waals surface area contributed by atoms with Gasteiger partial charge in [-0.05, 0) is 36.2 Å². The molecular weight excluding hydrogens is 581 g/mol. The number of anilines is 1. The van der Waals surface area contributed by atoms with Crippen LogP contribution in [0.1, 0.15) is 17.0 Å². The van der Waals surface area contributed by atoms with Crippen molar-refractivity contribution < 1.29 is 29.7 Å². The molecule has 4 N–H and O–H groups in total. The van der Waals surface area contributed by atoms with Gasteiger partial charge >= 0.3 is 17.9 Å². The van der Waals surface area contributed by atoms with Gasteiger partial charge in [-0.1, -0.05) is 18.2 Å². The third kappa shape index (κ3) is 9.00. The van der Waals surface area contributed by atoms with Crippen LogP contribution in [0.5, 0.6) is 0 Å². The monoisotopic (exact) mass is 611 g/mol. The molecule has 3 rings (SSSR count). The van der Waals surface area contributed by atoms with E-state index >= 15 is 0 Å². The van der Waals surface area contributed by atoms with E-state index in [-0.39, 0.29) is 32.2 Å². The lowest BCUT2D eigenvalue weighted by atomic mass is 10.0. The van der Waals surface area contributed by atoms with Crippen molar-refractivity contribution in [3.63, 3.8) is 0 Å². The molecular formula is C24H30IN5O6. The second-order valence-electron chi connectivity index (χ2n) is 8.80. The van der Waals surface area contributed by atoms with Gasteiger partial charge in [0.15, 0.2) is 0 Å². The minimum absolute atomic E-state index is 0.196. The summed E-state index contributed by atoms with van der Waals surface area (Å²) in [6.45, 7) is 0.834. The number of carboxylic acids is 3. The summed E-state index contributed by atoms with van der Waals surface area (Å²) < 4.78 is 3.04. The maximum absolute atomic E-state index is 11.8. The van der Waals surface area contributed by atoms with Gasteiger partial charge in [0.2, 0.25) is 0 Å². The number of nitrogens with zero attached hydrogens (tertiary/aromatic N) is 4. The molecule has 0 radical (unpaired) electrons. The van der Waals surface area contributed by atoms with Crippen molar-refractivity contribution in [1.82, 2.24) is 19.7 Å². The Morgan fingerprint density at radius 3 is 2.06 bits per heavy atom. The summed E-state index contributed by atoms with van der Waals surface area (Å²) in [5, 5.41) is 28.6. The quantitative estimate of drug-likeness (QED) is 0.243. The summed E-state index contributed by atoms with van der Waals surface area (Å²) in [5.41, 5.74) is 3.27. The lowest BCUT2D eigenvalue weighted by Gasteiger charge is -2.35. The van der Waals surface area contributed by atoms with E-state index in [9.17, 15) is 29.7 Å². The number of benzene rings is 1. The number of fused-ring (bicyclic) bond motifs is 2. The number of nitrogens with one attached hydrogen (secondary N) is 1. The van der Waals surface area contributed by atoms with Crippen molar-refractivity contribution in [1.29, 1.82) is 0 Å². The first-order valence-electron chi connectivity index (χ1n) is 11.5. The molecule has 194 valence electrons. The molecule has 0 amide bonds. The Hall–Kier alpha value is -2.81. The number of halogens is 1. The van der Waals surface area contributed by atoms with E-state index in [0.29, 0.717) is 44.0 Å². The fourth-order valence-electron chi connectivity index (χ4n) is 4.33. The van der Waals surface area contributed by atoms with E-state index in [4.69, 9.17) is 0 Å². The van der Waals surface area contributed by atoms with Crippen molar-refractivity contribution in [2.75, 3.05) is 42.8 Å². The van der Waals surface area contributed by atoms with Crippen LogP contribution in [0.4, 0.5) is 5.69 Å². The number of rotatable bonds is 9. The Morgan fingerprint density at radius 2 is 1.44 bits per heavy atom. The zero-order chi connectivity index (χ0) is 26.1. The lowest BCUT2D eigenvalue weighted by molar-refractivity contribution is -0.141. The topological polar surface area (TPSA) is 147 Å². The van der Waals surface area contributed by atoms with Crippen molar-refractivity contribution in [2.24, 2.45) is 0 Å². The normalized spacial score (nSPS) is 18.1. The molecule has 36 heavy (non-hydrogen) atoms. The number of aliphatic carboxylic acids is 3. The van der Waals surface area contributed by atoms with Crippen LogP contribution in [0.2, 0.25) is 0 Å². The number of carboxylic acid groups (broad SMARTS) is 3. The Labute approximate surface area is 223 Å². The van der Waals surface area contributed by atoms with E-state index in [0.717, 1.165) is 11.3 Å². The molecule has 0 fully saturated rings. The first-order valence-corrected chi connectivity index (χ1v) is 12.5. The standard InChI is InChI=1S/C24H30IN5O6/c25-27-18-6-4-17(5-7-18)10-21-13-29(15-23(33)34)9-8-28(14-22(31)32)11-19-2-1-3-20(26-19)12-30(21)16-24(35)36/h1-7,21,27H,8-16H2,(H,31,32)(H,33,34)(H,35,36). The zero-order valence-electron chi connectivity index (χ0n) is 19.7. The molecule has 12 heteroatoms. The predicted octanol–water partition coefficient (Wildman–Crippen LogP) is 1.63. The van der Waals surface area contributed by atoms with Crippen molar-refractivity contribution >= 4 is 46.5 Å². The van der Waals surface area contributed by atoms with E-state index < -0.39 is 17.9 Å². The summed E-state index contributed by atoms with van der Waals surface area (Å²) in [7, 11) is 0. The molecule has 0 aliphatic carbocycles. The summed E-state index contributed by atoms with van der Waals surface area (Å²) in [6.07, 6.45) is 0.503. The SMILES string of the molecule is O=C(O)CN1CCN(CC(=O)O)CC(Cc2ccc(NI)cc2)N(CC(=O)O)Cc2cccc(n2)C1. The third-order valence-corrected chi connectivity index (χ3v) is 6.55. The lowest BCUT2D eigenvalue weighted by Crippen LogP contribution is -2.50. The summed E-state index contributed by atoms with van der Waals surface area (Å²) in [4.78, 5) is 44.9. The van der Waals surface area contributed by atoms with Gasteiger partial charge in [-0.15, -0.1) is 0 Å². The van der Waals surface area contributed by atoms with Crippen LogP contribution >= 0.6 is 22.9 Å². The minimum Gasteiger partial charge on any atom is -0.480 e. The second kappa shape index (κ2) is 13.5. The molecule has 1 atom stereocenters. The Morgan fingerprint density at radius 1 is 0.861 bits per heavy atom. The van der Waals surface area contributed by atoms with Crippen molar-refractivity contribution in [2.45, 2.75) is 25.6 Å². The molecule has 2 bridgehead atoms. The highest BCUT2D eigenvalue weighted by Gasteiger charge is 2.27. The van der Waals surface area contributed by atoms with E-state index in [1.54, 1.807) is 15.9 Å². The summed E-state index contributed by atoms with van der Waals surface area (Å²) in [6, 6.07) is 12.9. The van der Waals surface area contributed by atoms with Crippen molar-refractivity contribution in [3.05, 3.63) is 59.4 Å². The van der Waals surface area contributed by atoms with E-state index in [1.807, 2.05) is 64.2 Å². The molecule has 1 unspecified atom stereocenters. The van der Waals surface area contributed by atoms with Gasteiger partial charge in [-0.25, -0.2) is 0 Å².